The van der Waals surface area contributed by atoms with Gasteiger partial charge >= 0.3 is 0 Å². The van der Waals surface area contributed by atoms with Crippen molar-refractivity contribution in [3.8, 4) is 22.5 Å². The zero-order valence-electron chi connectivity index (χ0n) is 27.8. The van der Waals surface area contributed by atoms with Gasteiger partial charge in [-0.05, 0) is 64.1 Å². The molecule has 0 N–H and O–H groups in total. The highest BCUT2D eigenvalue weighted by Crippen LogP contribution is 2.43. The van der Waals surface area contributed by atoms with E-state index in [4.69, 9.17) is 15.3 Å². The largest absolute Gasteiger partial charge is 0.328 e. The van der Waals surface area contributed by atoms with Crippen molar-refractivity contribution in [2.75, 3.05) is 0 Å². The molecule has 6 heteroatoms. The maximum atomic E-state index is 4.88. The molecular formula is C42H40N6. The van der Waals surface area contributed by atoms with Crippen LogP contribution in [0.1, 0.15) is 59.2 Å². The van der Waals surface area contributed by atoms with Gasteiger partial charge in [-0.3, -0.25) is 0 Å². The predicted octanol–water partition coefficient (Wildman–Crippen LogP) is 9.05. The Morgan fingerprint density at radius 2 is 1.17 bits per heavy atom. The first-order valence-corrected chi connectivity index (χ1v) is 16.8. The number of benzene rings is 5. The minimum atomic E-state index is -0.824. The molecule has 238 valence electrons. The summed E-state index contributed by atoms with van der Waals surface area (Å²) in [5.74, 6) is 1.86. The molecule has 0 aliphatic carbocycles. The van der Waals surface area contributed by atoms with Gasteiger partial charge in [-0.2, -0.15) is 0 Å². The van der Waals surface area contributed by atoms with Crippen LogP contribution in [-0.2, 0) is 18.5 Å². The van der Waals surface area contributed by atoms with E-state index in [2.05, 4.69) is 152 Å². The summed E-state index contributed by atoms with van der Waals surface area (Å²) in [6, 6.07) is 48.9. The average molecular weight is 629 g/mol. The number of rotatable bonds is 11. The highest BCUT2D eigenvalue weighted by atomic mass is 15.6. The summed E-state index contributed by atoms with van der Waals surface area (Å²) in [5.41, 5.74) is 9.13. The minimum Gasteiger partial charge on any atom is -0.328 e. The molecule has 0 saturated carbocycles. The molecule has 2 aromatic heterocycles. The second kappa shape index (κ2) is 13.6. The van der Waals surface area contributed by atoms with E-state index >= 15 is 0 Å². The number of aromatic nitrogens is 6. The van der Waals surface area contributed by atoms with Gasteiger partial charge in [0.25, 0.3) is 0 Å². The zero-order valence-corrected chi connectivity index (χ0v) is 27.8. The van der Waals surface area contributed by atoms with Crippen LogP contribution in [0, 0.1) is 13.8 Å². The monoisotopic (exact) mass is 628 g/mol. The van der Waals surface area contributed by atoms with Crippen molar-refractivity contribution < 1.29 is 0 Å². The molecule has 2 heterocycles. The van der Waals surface area contributed by atoms with E-state index in [1.807, 2.05) is 22.9 Å². The van der Waals surface area contributed by atoms with Crippen LogP contribution in [0.5, 0.6) is 0 Å². The van der Waals surface area contributed by atoms with Crippen molar-refractivity contribution in [1.29, 1.82) is 0 Å². The highest BCUT2D eigenvalue weighted by molar-refractivity contribution is 5.81. The Hall–Kier alpha value is -5.62. The van der Waals surface area contributed by atoms with Crippen molar-refractivity contribution in [2.24, 2.45) is 0 Å². The lowest BCUT2D eigenvalue weighted by Crippen LogP contribution is -2.39. The smallest absolute Gasteiger partial charge is 0.184 e. The SMILES string of the molecule is CCCCc1nc(C)c(C)n1Cc1ccc(-c2ccccc2-c2nnnn2C(c2ccccc2)(c2ccccc2)c2ccccc2)cc1. The molecule has 0 atom stereocenters. The topological polar surface area (TPSA) is 61.4 Å². The standard InChI is InChI=1S/C42H40N6/c1-4-5-25-40-43-31(2)32(3)47(40)30-33-26-28-34(29-27-33)38-23-15-16-24-39(38)41-44-45-46-48(41)42(35-17-9-6-10-18-35,36-19-11-7-12-20-36)37-21-13-8-14-22-37/h6-24,26-29H,4-5,25,30H2,1-3H3. The van der Waals surface area contributed by atoms with E-state index in [1.165, 1.54) is 17.1 Å². The average Bonchev–Trinajstić information content (AvgIpc) is 3.74. The van der Waals surface area contributed by atoms with E-state index in [0.717, 1.165) is 64.9 Å². The van der Waals surface area contributed by atoms with E-state index in [0.29, 0.717) is 5.82 Å². The number of nitrogens with zero attached hydrogens (tertiary/aromatic N) is 6. The third-order valence-electron chi connectivity index (χ3n) is 9.43. The van der Waals surface area contributed by atoms with Crippen LogP contribution in [0.4, 0.5) is 0 Å². The summed E-state index contributed by atoms with van der Waals surface area (Å²) in [5, 5.41) is 13.8. The highest BCUT2D eigenvalue weighted by Gasteiger charge is 2.42. The third kappa shape index (κ3) is 5.64. The molecule has 5 aromatic carbocycles. The Labute approximate surface area is 282 Å². The van der Waals surface area contributed by atoms with Crippen molar-refractivity contribution >= 4 is 0 Å². The van der Waals surface area contributed by atoms with Crippen LogP contribution in [0.15, 0.2) is 140 Å². The van der Waals surface area contributed by atoms with Crippen LogP contribution in [0.25, 0.3) is 22.5 Å². The molecule has 0 amide bonds. The summed E-state index contributed by atoms with van der Waals surface area (Å²) in [6.07, 6.45) is 3.30. The fraction of sp³-hybridized carbons (Fsp3) is 0.190. The Morgan fingerprint density at radius 1 is 0.625 bits per heavy atom. The number of unbranched alkanes of at least 4 members (excludes halogenated alkanes) is 1. The summed E-state index contributed by atoms with van der Waals surface area (Å²) in [4.78, 5) is 4.88. The van der Waals surface area contributed by atoms with Gasteiger partial charge in [0.1, 0.15) is 11.4 Å². The maximum Gasteiger partial charge on any atom is 0.184 e. The van der Waals surface area contributed by atoms with Crippen molar-refractivity contribution in [3.63, 3.8) is 0 Å². The Balaban J connectivity index is 1.34. The number of tetrazole rings is 1. The molecule has 0 fully saturated rings. The van der Waals surface area contributed by atoms with Gasteiger partial charge < -0.3 is 4.57 Å². The van der Waals surface area contributed by atoms with Crippen LogP contribution in [0.2, 0.25) is 0 Å². The third-order valence-corrected chi connectivity index (χ3v) is 9.43. The van der Waals surface area contributed by atoms with Crippen LogP contribution in [0.3, 0.4) is 0 Å². The minimum absolute atomic E-state index is 0.691. The number of imidazole rings is 1. The van der Waals surface area contributed by atoms with Crippen molar-refractivity contribution in [2.45, 2.75) is 52.1 Å². The first kappa shape index (κ1) is 31.0. The summed E-state index contributed by atoms with van der Waals surface area (Å²) < 4.78 is 4.38. The molecular weight excluding hydrogens is 589 g/mol. The molecule has 0 radical (unpaired) electrons. The van der Waals surface area contributed by atoms with E-state index in [-0.39, 0.29) is 0 Å². The number of aryl methyl sites for hydroxylation is 2. The lowest BCUT2D eigenvalue weighted by atomic mass is 9.77. The fourth-order valence-electron chi connectivity index (χ4n) is 6.85. The molecule has 0 saturated heterocycles. The molecule has 7 aromatic rings. The molecule has 0 spiro atoms. The summed E-state index contributed by atoms with van der Waals surface area (Å²) >= 11 is 0. The van der Waals surface area contributed by atoms with Gasteiger partial charge in [0, 0.05) is 24.2 Å². The Kier molecular flexibility index (Phi) is 8.80. The van der Waals surface area contributed by atoms with Gasteiger partial charge in [-0.15, -0.1) is 5.10 Å². The van der Waals surface area contributed by atoms with Crippen LogP contribution < -0.4 is 0 Å². The molecule has 0 aliphatic heterocycles. The quantitative estimate of drug-likeness (QED) is 0.134. The number of hydrogen-bond acceptors (Lipinski definition) is 4. The Bertz CT molecular complexity index is 2000. The second-order valence-corrected chi connectivity index (χ2v) is 12.4. The van der Waals surface area contributed by atoms with E-state index < -0.39 is 5.54 Å². The van der Waals surface area contributed by atoms with Crippen molar-refractivity contribution in [1.82, 2.24) is 29.8 Å². The van der Waals surface area contributed by atoms with Crippen LogP contribution >= 0.6 is 0 Å². The lowest BCUT2D eigenvalue weighted by Gasteiger charge is -2.36. The summed E-state index contributed by atoms with van der Waals surface area (Å²) in [6.45, 7) is 7.32. The van der Waals surface area contributed by atoms with Crippen LogP contribution in [-0.4, -0.2) is 29.8 Å². The van der Waals surface area contributed by atoms with Gasteiger partial charge in [0.05, 0.1) is 5.69 Å². The van der Waals surface area contributed by atoms with Crippen molar-refractivity contribution in [3.05, 3.63) is 179 Å². The van der Waals surface area contributed by atoms with E-state index in [1.54, 1.807) is 0 Å². The van der Waals surface area contributed by atoms with Gasteiger partial charge in [0.15, 0.2) is 5.82 Å². The molecule has 6 nitrogen and oxygen atoms in total. The second-order valence-electron chi connectivity index (χ2n) is 12.4. The normalized spacial score (nSPS) is 11.6. The van der Waals surface area contributed by atoms with Gasteiger partial charge in [-0.25, -0.2) is 9.67 Å². The predicted molar refractivity (Wildman–Crippen MR) is 193 cm³/mol. The molecule has 0 unspecified atom stereocenters. The van der Waals surface area contributed by atoms with Gasteiger partial charge in [0.2, 0.25) is 0 Å². The zero-order chi connectivity index (χ0) is 32.9. The molecule has 48 heavy (non-hydrogen) atoms. The Morgan fingerprint density at radius 3 is 1.73 bits per heavy atom. The number of hydrogen-bond donors (Lipinski definition) is 0. The molecule has 0 aliphatic rings. The lowest BCUT2D eigenvalue weighted by molar-refractivity contribution is 0.451. The maximum absolute atomic E-state index is 4.88. The summed E-state index contributed by atoms with van der Waals surface area (Å²) in [7, 11) is 0. The first-order valence-electron chi connectivity index (χ1n) is 16.8. The van der Waals surface area contributed by atoms with Gasteiger partial charge in [-0.1, -0.05) is 153 Å². The van der Waals surface area contributed by atoms with E-state index in [9.17, 15) is 0 Å². The molecule has 7 rings (SSSR count). The first-order chi connectivity index (χ1) is 23.6. The fourth-order valence-corrected chi connectivity index (χ4v) is 6.85. The molecule has 0 bridgehead atoms.